The molecule has 0 aromatic heterocycles. The van der Waals surface area contributed by atoms with Gasteiger partial charge in [-0.25, -0.2) is 9.18 Å². The number of aliphatic carboxylic acids is 1. The molecule has 0 aliphatic heterocycles. The van der Waals surface area contributed by atoms with Gasteiger partial charge in [0, 0.05) is 11.3 Å². The zero-order valence-electron chi connectivity index (χ0n) is 19.1. The summed E-state index contributed by atoms with van der Waals surface area (Å²) < 4.78 is 15.6. The third kappa shape index (κ3) is 3.31. The third-order valence-electron chi connectivity index (χ3n) is 9.33. The van der Waals surface area contributed by atoms with Crippen molar-refractivity contribution >= 4 is 11.9 Å². The minimum absolute atomic E-state index is 0.155. The SMILES string of the molecule is CC(C)(C)C(=O)NC1C[C@]2(C)C3CC[C@]4(C)CCCC4C3CC(F)[C@H]2C=C1C(=O)O. The number of carboxylic acids is 1. The second kappa shape index (κ2) is 7.06. The number of allylic oxidation sites excluding steroid dienone is 1. The van der Waals surface area contributed by atoms with Crippen LogP contribution in [0.15, 0.2) is 11.6 Å². The van der Waals surface area contributed by atoms with Crippen molar-refractivity contribution in [1.82, 2.24) is 5.32 Å². The van der Waals surface area contributed by atoms with Crippen LogP contribution < -0.4 is 5.32 Å². The van der Waals surface area contributed by atoms with Crippen molar-refractivity contribution in [2.45, 2.75) is 91.8 Å². The van der Waals surface area contributed by atoms with Crippen molar-refractivity contribution in [1.29, 1.82) is 0 Å². The van der Waals surface area contributed by atoms with Crippen LogP contribution in [0.3, 0.4) is 0 Å². The molecule has 3 fully saturated rings. The molecule has 8 atom stereocenters. The van der Waals surface area contributed by atoms with Crippen molar-refractivity contribution < 1.29 is 19.1 Å². The Morgan fingerprint density at radius 3 is 2.50 bits per heavy atom. The first-order valence-electron chi connectivity index (χ1n) is 11.8. The van der Waals surface area contributed by atoms with E-state index in [0.29, 0.717) is 36.0 Å². The molecule has 0 saturated heterocycles. The molecule has 1 amide bonds. The van der Waals surface area contributed by atoms with Gasteiger partial charge in [-0.15, -0.1) is 0 Å². The number of amides is 1. The van der Waals surface area contributed by atoms with Crippen molar-refractivity contribution in [3.63, 3.8) is 0 Å². The lowest BCUT2D eigenvalue weighted by Gasteiger charge is -2.60. The Bertz CT molecular complexity index is 771. The number of carbonyl (C=O) groups excluding carboxylic acids is 1. The van der Waals surface area contributed by atoms with Gasteiger partial charge in [0.2, 0.25) is 5.91 Å². The normalized spacial score (nSPS) is 45.6. The van der Waals surface area contributed by atoms with Crippen LogP contribution in [0.25, 0.3) is 0 Å². The Labute approximate surface area is 180 Å². The first kappa shape index (κ1) is 21.8. The molecule has 0 spiro atoms. The number of halogens is 1. The number of hydrogen-bond acceptors (Lipinski definition) is 2. The van der Waals surface area contributed by atoms with Gasteiger partial charge >= 0.3 is 5.97 Å². The number of rotatable bonds is 2. The first-order chi connectivity index (χ1) is 13.9. The van der Waals surface area contributed by atoms with E-state index in [9.17, 15) is 14.7 Å². The maximum atomic E-state index is 15.6. The molecule has 0 heterocycles. The van der Waals surface area contributed by atoms with Gasteiger partial charge in [-0.1, -0.05) is 47.1 Å². The quantitative estimate of drug-likeness (QED) is 0.652. The summed E-state index contributed by atoms with van der Waals surface area (Å²) in [5.41, 5.74) is -0.408. The fourth-order valence-corrected chi connectivity index (χ4v) is 7.66. The van der Waals surface area contributed by atoms with E-state index < -0.39 is 23.6 Å². The zero-order chi connectivity index (χ0) is 22.1. The Morgan fingerprint density at radius 2 is 1.87 bits per heavy atom. The summed E-state index contributed by atoms with van der Waals surface area (Å²) in [6, 6.07) is -0.557. The molecule has 5 heteroatoms. The predicted molar refractivity (Wildman–Crippen MR) is 114 cm³/mol. The van der Waals surface area contributed by atoms with Crippen molar-refractivity contribution in [3.05, 3.63) is 11.6 Å². The van der Waals surface area contributed by atoms with E-state index in [1.54, 1.807) is 6.08 Å². The molecular weight excluding hydrogens is 381 g/mol. The van der Waals surface area contributed by atoms with Gasteiger partial charge in [-0.2, -0.15) is 0 Å². The van der Waals surface area contributed by atoms with E-state index in [0.717, 1.165) is 6.42 Å². The zero-order valence-corrected chi connectivity index (χ0v) is 19.1. The van der Waals surface area contributed by atoms with E-state index in [2.05, 4.69) is 19.2 Å². The smallest absolute Gasteiger partial charge is 0.333 e. The molecule has 0 aromatic rings. The van der Waals surface area contributed by atoms with E-state index >= 15 is 4.39 Å². The van der Waals surface area contributed by atoms with Gasteiger partial charge in [-0.3, -0.25) is 4.79 Å². The van der Waals surface area contributed by atoms with Gasteiger partial charge in [-0.05, 0) is 67.1 Å². The van der Waals surface area contributed by atoms with Crippen LogP contribution in [0.5, 0.6) is 0 Å². The van der Waals surface area contributed by atoms with Crippen LogP contribution in [0.1, 0.15) is 79.6 Å². The molecule has 4 aliphatic rings. The van der Waals surface area contributed by atoms with Crippen molar-refractivity contribution in [2.75, 3.05) is 0 Å². The highest BCUT2D eigenvalue weighted by atomic mass is 19.1. The van der Waals surface area contributed by atoms with E-state index in [-0.39, 0.29) is 22.8 Å². The van der Waals surface area contributed by atoms with Gasteiger partial charge in [0.25, 0.3) is 0 Å². The number of alkyl halides is 1. The molecule has 4 rings (SSSR count). The minimum atomic E-state index is -1.04. The van der Waals surface area contributed by atoms with Crippen molar-refractivity contribution in [2.24, 2.45) is 39.9 Å². The Hall–Kier alpha value is -1.39. The maximum Gasteiger partial charge on any atom is 0.333 e. The summed E-state index contributed by atoms with van der Waals surface area (Å²) in [7, 11) is 0. The molecule has 0 aromatic carbocycles. The number of fused-ring (bicyclic) bond motifs is 5. The van der Waals surface area contributed by atoms with Crippen LogP contribution in [0, 0.1) is 39.9 Å². The molecule has 168 valence electrons. The fraction of sp³-hybridized carbons (Fsp3) is 0.840. The minimum Gasteiger partial charge on any atom is -0.478 e. The number of nitrogens with one attached hydrogen (secondary N) is 1. The Morgan fingerprint density at radius 1 is 1.17 bits per heavy atom. The highest BCUT2D eigenvalue weighted by molar-refractivity contribution is 5.90. The molecule has 2 N–H and O–H groups in total. The van der Waals surface area contributed by atoms with Crippen LogP contribution >= 0.6 is 0 Å². The highest BCUT2D eigenvalue weighted by Crippen LogP contribution is 2.66. The second-order valence-electron chi connectivity index (χ2n) is 12.2. The Balaban J connectivity index is 1.69. The van der Waals surface area contributed by atoms with Gasteiger partial charge in [0.1, 0.15) is 6.17 Å². The monoisotopic (exact) mass is 419 g/mol. The summed E-state index contributed by atoms with van der Waals surface area (Å²) in [4.78, 5) is 24.7. The Kier molecular flexibility index (Phi) is 5.14. The molecule has 5 unspecified atom stereocenters. The molecule has 3 saturated carbocycles. The fourth-order valence-electron chi connectivity index (χ4n) is 7.66. The van der Waals surface area contributed by atoms with Gasteiger partial charge in [0.15, 0.2) is 0 Å². The summed E-state index contributed by atoms with van der Waals surface area (Å²) in [5, 5.41) is 12.8. The third-order valence-corrected chi connectivity index (χ3v) is 9.33. The second-order valence-corrected chi connectivity index (χ2v) is 12.2. The maximum absolute atomic E-state index is 15.6. The van der Waals surface area contributed by atoms with E-state index in [1.165, 1.54) is 25.7 Å². The summed E-state index contributed by atoms with van der Waals surface area (Å²) in [5.74, 6) is -0.221. The lowest BCUT2D eigenvalue weighted by molar-refractivity contribution is -0.137. The average molecular weight is 420 g/mol. The van der Waals surface area contributed by atoms with Crippen LogP contribution in [-0.4, -0.2) is 29.2 Å². The van der Waals surface area contributed by atoms with Crippen LogP contribution in [0.2, 0.25) is 0 Å². The molecule has 4 nitrogen and oxygen atoms in total. The van der Waals surface area contributed by atoms with Gasteiger partial charge in [0.05, 0.1) is 11.6 Å². The summed E-state index contributed by atoms with van der Waals surface area (Å²) in [6.07, 6.45) is 7.72. The number of carboxylic acid groups (broad SMARTS) is 1. The summed E-state index contributed by atoms with van der Waals surface area (Å²) in [6.45, 7) is 10.1. The number of hydrogen-bond donors (Lipinski definition) is 2. The molecule has 4 aliphatic carbocycles. The molecule has 0 radical (unpaired) electrons. The van der Waals surface area contributed by atoms with E-state index in [1.807, 2.05) is 20.8 Å². The topological polar surface area (TPSA) is 66.4 Å². The lowest BCUT2D eigenvalue weighted by atomic mass is 9.45. The molecular formula is C25H38FNO3. The van der Waals surface area contributed by atoms with Crippen LogP contribution in [0.4, 0.5) is 4.39 Å². The standard InChI is InChI=1S/C25H38FNO3/c1-23(2,3)22(30)27-20-13-25(5)17-8-10-24(4)9-6-7-16(24)14(17)12-19(26)18(25)11-15(20)21(28)29/h11,14,16-20H,6-10,12-13H2,1-5H3,(H,27,30)(H,28,29)/t14?,16?,17?,18-,19?,20?,24+,25-/m1/s1. The van der Waals surface area contributed by atoms with E-state index in [4.69, 9.17) is 0 Å². The molecule has 0 bridgehead atoms. The van der Waals surface area contributed by atoms with Crippen molar-refractivity contribution in [3.8, 4) is 0 Å². The molecule has 30 heavy (non-hydrogen) atoms. The number of carbonyl (C=O) groups is 2. The average Bonchev–Trinajstić information content (AvgIpc) is 3.02. The summed E-state index contributed by atoms with van der Waals surface area (Å²) >= 11 is 0. The van der Waals surface area contributed by atoms with Gasteiger partial charge < -0.3 is 10.4 Å². The highest BCUT2D eigenvalue weighted by Gasteiger charge is 2.61. The predicted octanol–water partition coefficient (Wildman–Crippen LogP) is 5.13. The van der Waals surface area contributed by atoms with Crippen LogP contribution in [-0.2, 0) is 9.59 Å². The first-order valence-corrected chi connectivity index (χ1v) is 11.8. The largest absolute Gasteiger partial charge is 0.478 e. The lowest BCUT2D eigenvalue weighted by Crippen LogP contribution is -2.59.